The summed E-state index contributed by atoms with van der Waals surface area (Å²) < 4.78 is 10.6. The standard InChI is InChI=1S/C27H28N4O5/c1-3-21-6-4-5-7-24(21)30-25(32)18-36-23-14-10-20(11-15-23)17-29-31-27(34)26(33)28-16-19-8-12-22(35-2)13-9-19/h4-15,17H,3,16,18H2,1-2H3,(H,28,33)(H,30,32)(H,31,34)/b29-17-. The molecular weight excluding hydrogens is 460 g/mol. The molecule has 0 aromatic heterocycles. The first-order valence-corrected chi connectivity index (χ1v) is 11.3. The summed E-state index contributed by atoms with van der Waals surface area (Å²) in [7, 11) is 1.57. The van der Waals surface area contributed by atoms with Crippen LogP contribution in [0.3, 0.4) is 0 Å². The number of rotatable bonds is 10. The summed E-state index contributed by atoms with van der Waals surface area (Å²) in [5.41, 5.74) is 5.51. The number of hydrogen-bond donors (Lipinski definition) is 3. The molecule has 0 unspecified atom stereocenters. The van der Waals surface area contributed by atoms with Gasteiger partial charge < -0.3 is 20.1 Å². The minimum absolute atomic E-state index is 0.132. The van der Waals surface area contributed by atoms with Crippen LogP contribution in [0, 0.1) is 0 Å². The van der Waals surface area contributed by atoms with E-state index in [0.29, 0.717) is 17.1 Å². The van der Waals surface area contributed by atoms with Crippen LogP contribution in [-0.2, 0) is 27.3 Å². The molecule has 0 radical (unpaired) electrons. The Labute approximate surface area is 209 Å². The summed E-state index contributed by atoms with van der Waals surface area (Å²) in [5, 5.41) is 9.17. The zero-order valence-electron chi connectivity index (χ0n) is 20.1. The third kappa shape index (κ3) is 7.98. The largest absolute Gasteiger partial charge is 0.497 e. The van der Waals surface area contributed by atoms with Gasteiger partial charge in [-0.1, -0.05) is 37.3 Å². The molecule has 3 aromatic carbocycles. The second-order valence-electron chi connectivity index (χ2n) is 7.65. The molecule has 0 spiro atoms. The number of aryl methyl sites for hydroxylation is 1. The quantitative estimate of drug-likeness (QED) is 0.230. The zero-order valence-corrected chi connectivity index (χ0v) is 20.1. The molecule has 0 aliphatic heterocycles. The molecule has 0 fully saturated rings. The van der Waals surface area contributed by atoms with Crippen LogP contribution in [0.25, 0.3) is 0 Å². The second-order valence-corrected chi connectivity index (χ2v) is 7.65. The molecule has 186 valence electrons. The first kappa shape index (κ1) is 26.0. The van der Waals surface area contributed by atoms with Crippen LogP contribution in [0.4, 0.5) is 5.69 Å². The van der Waals surface area contributed by atoms with Crippen LogP contribution in [-0.4, -0.2) is 37.7 Å². The lowest BCUT2D eigenvalue weighted by atomic mass is 10.1. The van der Waals surface area contributed by atoms with Gasteiger partial charge in [-0.25, -0.2) is 5.43 Å². The lowest BCUT2D eigenvalue weighted by Gasteiger charge is -2.10. The maximum Gasteiger partial charge on any atom is 0.329 e. The minimum atomic E-state index is -0.879. The van der Waals surface area contributed by atoms with Gasteiger partial charge in [-0.2, -0.15) is 5.10 Å². The number of carbonyl (C=O) groups excluding carboxylic acids is 3. The number of benzene rings is 3. The molecule has 0 atom stereocenters. The fourth-order valence-corrected chi connectivity index (χ4v) is 3.16. The smallest absolute Gasteiger partial charge is 0.329 e. The van der Waals surface area contributed by atoms with E-state index >= 15 is 0 Å². The van der Waals surface area contributed by atoms with Gasteiger partial charge in [0.2, 0.25) is 0 Å². The summed E-state index contributed by atoms with van der Waals surface area (Å²) in [6, 6.07) is 21.5. The molecule has 0 bridgehead atoms. The molecule has 9 heteroatoms. The van der Waals surface area contributed by atoms with Crippen molar-refractivity contribution in [3.63, 3.8) is 0 Å². The summed E-state index contributed by atoms with van der Waals surface area (Å²) in [6.07, 6.45) is 2.21. The highest BCUT2D eigenvalue weighted by molar-refractivity contribution is 6.35. The first-order valence-electron chi connectivity index (χ1n) is 11.3. The lowest BCUT2D eigenvalue weighted by Crippen LogP contribution is -2.37. The van der Waals surface area contributed by atoms with Crippen molar-refractivity contribution in [3.8, 4) is 11.5 Å². The van der Waals surface area contributed by atoms with Crippen LogP contribution in [0.2, 0.25) is 0 Å². The van der Waals surface area contributed by atoms with Gasteiger partial charge in [0.15, 0.2) is 6.61 Å². The number of hydrogen-bond acceptors (Lipinski definition) is 6. The molecule has 3 aromatic rings. The van der Waals surface area contributed by atoms with E-state index in [2.05, 4.69) is 21.2 Å². The van der Waals surface area contributed by atoms with E-state index in [0.717, 1.165) is 23.2 Å². The average molecular weight is 489 g/mol. The summed E-state index contributed by atoms with van der Waals surface area (Å²) in [5.74, 6) is -0.722. The Morgan fingerprint density at radius 2 is 1.58 bits per heavy atom. The molecule has 3 amide bonds. The molecule has 3 N–H and O–H groups in total. The summed E-state index contributed by atoms with van der Waals surface area (Å²) in [6.45, 7) is 2.09. The second kappa shape index (κ2) is 13.3. The number of para-hydroxylation sites is 1. The number of ether oxygens (including phenoxy) is 2. The van der Waals surface area contributed by atoms with Crippen molar-refractivity contribution in [1.29, 1.82) is 0 Å². The minimum Gasteiger partial charge on any atom is -0.497 e. The highest BCUT2D eigenvalue weighted by atomic mass is 16.5. The van der Waals surface area contributed by atoms with Crippen molar-refractivity contribution in [2.24, 2.45) is 5.10 Å². The number of anilines is 1. The Balaban J connectivity index is 1.40. The van der Waals surface area contributed by atoms with Gasteiger partial charge in [0.05, 0.1) is 13.3 Å². The lowest BCUT2D eigenvalue weighted by molar-refractivity contribution is -0.139. The van der Waals surface area contributed by atoms with Gasteiger partial charge in [-0.05, 0) is 65.6 Å². The Kier molecular flexibility index (Phi) is 9.58. The van der Waals surface area contributed by atoms with Gasteiger partial charge >= 0.3 is 11.8 Å². The molecule has 0 saturated carbocycles. The summed E-state index contributed by atoms with van der Waals surface area (Å²) in [4.78, 5) is 36.0. The third-order valence-electron chi connectivity index (χ3n) is 5.12. The normalized spacial score (nSPS) is 10.5. The SMILES string of the molecule is CCc1ccccc1NC(=O)COc1ccc(/C=N\NC(=O)C(=O)NCc2ccc(OC)cc2)cc1. The number of nitrogens with one attached hydrogen (secondary N) is 3. The molecule has 3 rings (SSSR count). The van der Waals surface area contributed by atoms with Crippen molar-refractivity contribution < 1.29 is 23.9 Å². The predicted octanol–water partition coefficient (Wildman–Crippen LogP) is 3.04. The van der Waals surface area contributed by atoms with E-state index in [1.54, 1.807) is 55.6 Å². The molecule has 0 aliphatic rings. The monoisotopic (exact) mass is 488 g/mol. The van der Waals surface area contributed by atoms with Crippen molar-refractivity contribution >= 4 is 29.6 Å². The van der Waals surface area contributed by atoms with Gasteiger partial charge in [-0.15, -0.1) is 0 Å². The average Bonchev–Trinajstić information content (AvgIpc) is 2.91. The number of hydrazone groups is 1. The number of carbonyl (C=O) groups is 3. The molecular formula is C27H28N4O5. The number of amides is 3. The zero-order chi connectivity index (χ0) is 25.8. The van der Waals surface area contributed by atoms with Gasteiger partial charge in [0, 0.05) is 12.2 Å². The van der Waals surface area contributed by atoms with Gasteiger partial charge in [0.1, 0.15) is 11.5 Å². The number of methoxy groups -OCH3 is 1. The van der Waals surface area contributed by atoms with Crippen molar-refractivity contribution in [3.05, 3.63) is 89.5 Å². The third-order valence-corrected chi connectivity index (χ3v) is 5.12. The highest BCUT2D eigenvalue weighted by Crippen LogP contribution is 2.16. The molecule has 0 heterocycles. The maximum absolute atomic E-state index is 12.2. The van der Waals surface area contributed by atoms with Crippen LogP contribution < -0.4 is 25.5 Å². The van der Waals surface area contributed by atoms with Gasteiger partial charge in [0.25, 0.3) is 5.91 Å². The van der Waals surface area contributed by atoms with Crippen molar-refractivity contribution in [2.75, 3.05) is 19.0 Å². The number of nitrogens with zero attached hydrogens (tertiary/aromatic N) is 1. The Morgan fingerprint density at radius 3 is 2.28 bits per heavy atom. The van der Waals surface area contributed by atoms with E-state index < -0.39 is 11.8 Å². The molecule has 36 heavy (non-hydrogen) atoms. The molecule has 0 aliphatic carbocycles. The van der Waals surface area contributed by atoms with E-state index in [1.165, 1.54) is 6.21 Å². The van der Waals surface area contributed by atoms with E-state index in [4.69, 9.17) is 9.47 Å². The van der Waals surface area contributed by atoms with Crippen molar-refractivity contribution in [1.82, 2.24) is 10.7 Å². The van der Waals surface area contributed by atoms with Crippen molar-refractivity contribution in [2.45, 2.75) is 19.9 Å². The highest BCUT2D eigenvalue weighted by Gasteiger charge is 2.12. The summed E-state index contributed by atoms with van der Waals surface area (Å²) >= 11 is 0. The van der Waals surface area contributed by atoms with Gasteiger partial charge in [-0.3, -0.25) is 14.4 Å². The van der Waals surface area contributed by atoms with E-state index in [-0.39, 0.29) is 19.1 Å². The van der Waals surface area contributed by atoms with Crippen LogP contribution in [0.1, 0.15) is 23.6 Å². The fraction of sp³-hybridized carbons (Fsp3) is 0.185. The first-order chi connectivity index (χ1) is 17.5. The van der Waals surface area contributed by atoms with Crippen LogP contribution >= 0.6 is 0 Å². The predicted molar refractivity (Wildman–Crippen MR) is 137 cm³/mol. The van der Waals surface area contributed by atoms with E-state index in [1.807, 2.05) is 31.2 Å². The Morgan fingerprint density at radius 1 is 0.889 bits per heavy atom. The van der Waals surface area contributed by atoms with Crippen LogP contribution in [0.5, 0.6) is 11.5 Å². The van der Waals surface area contributed by atoms with Crippen LogP contribution in [0.15, 0.2) is 77.9 Å². The molecule has 9 nitrogen and oxygen atoms in total. The fourth-order valence-electron chi connectivity index (χ4n) is 3.16. The molecule has 0 saturated heterocycles. The topological polar surface area (TPSA) is 118 Å². The Bertz CT molecular complexity index is 1210. The maximum atomic E-state index is 12.2. The van der Waals surface area contributed by atoms with E-state index in [9.17, 15) is 14.4 Å². The Hall–Kier alpha value is -4.66.